The average molecular weight is 411 g/mol. The number of aromatic hydroxyl groups is 1. The minimum Gasteiger partial charge on any atom is -0.493 e. The number of aromatic nitrogens is 2. The van der Waals surface area contributed by atoms with Crippen LogP contribution in [-0.4, -0.2) is 47.0 Å². The van der Waals surface area contributed by atoms with Crippen LogP contribution in [0.3, 0.4) is 0 Å². The number of rotatable bonds is 5. The van der Waals surface area contributed by atoms with Crippen LogP contribution in [0.15, 0.2) is 48.5 Å². The summed E-state index contributed by atoms with van der Waals surface area (Å²) in [5.74, 6) is 0.209. The van der Waals surface area contributed by atoms with Gasteiger partial charge in [-0.2, -0.15) is 9.78 Å². The fourth-order valence-electron chi connectivity index (χ4n) is 4.05. The van der Waals surface area contributed by atoms with E-state index in [-0.39, 0.29) is 5.88 Å². The number of nitrogens with zero attached hydrogens (tertiary/aromatic N) is 4. The van der Waals surface area contributed by atoms with Crippen LogP contribution in [0.25, 0.3) is 5.69 Å². The Morgan fingerprint density at radius 1 is 1.14 bits per heavy atom. The van der Waals surface area contributed by atoms with Crippen LogP contribution in [0, 0.1) is 0 Å². The Morgan fingerprint density at radius 2 is 1.93 bits per heavy atom. The van der Waals surface area contributed by atoms with E-state index in [0.717, 1.165) is 37.1 Å². The first-order valence-corrected chi connectivity index (χ1v) is 10.3. The van der Waals surface area contributed by atoms with Gasteiger partial charge in [0.05, 0.1) is 16.4 Å². The van der Waals surface area contributed by atoms with E-state index in [9.17, 15) is 5.11 Å². The van der Waals surface area contributed by atoms with Gasteiger partial charge in [0, 0.05) is 37.9 Å². The number of aryl methyl sites for hydroxylation is 1. The van der Waals surface area contributed by atoms with Crippen LogP contribution in [0.2, 0.25) is 5.02 Å². The van der Waals surface area contributed by atoms with Gasteiger partial charge in [-0.1, -0.05) is 35.9 Å². The molecular formula is C23H27ClN4O. The molecule has 0 bridgehead atoms. The summed E-state index contributed by atoms with van der Waals surface area (Å²) in [6.07, 6.45) is 2.67. The van der Waals surface area contributed by atoms with E-state index >= 15 is 0 Å². The van der Waals surface area contributed by atoms with Crippen LogP contribution in [-0.2, 0) is 19.4 Å². The van der Waals surface area contributed by atoms with Crippen molar-refractivity contribution < 1.29 is 5.11 Å². The predicted molar refractivity (Wildman–Crippen MR) is 118 cm³/mol. The van der Waals surface area contributed by atoms with Crippen LogP contribution >= 0.6 is 11.6 Å². The molecule has 1 heterocycles. The van der Waals surface area contributed by atoms with E-state index in [0.29, 0.717) is 16.8 Å². The van der Waals surface area contributed by atoms with Crippen molar-refractivity contribution in [3.63, 3.8) is 0 Å². The maximum atomic E-state index is 10.9. The predicted octanol–water partition coefficient (Wildman–Crippen LogP) is 4.29. The average Bonchev–Trinajstić information content (AvgIpc) is 3.04. The number of anilines is 1. The number of fused-ring (bicyclic) bond motifs is 1. The first-order chi connectivity index (χ1) is 13.9. The monoisotopic (exact) mass is 410 g/mol. The second kappa shape index (κ2) is 8.09. The lowest BCUT2D eigenvalue weighted by atomic mass is 9.92. The van der Waals surface area contributed by atoms with Crippen LogP contribution in [0.5, 0.6) is 5.88 Å². The van der Waals surface area contributed by atoms with E-state index in [1.807, 2.05) is 24.3 Å². The van der Waals surface area contributed by atoms with Crippen LogP contribution < -0.4 is 4.90 Å². The normalized spacial score (nSPS) is 16.1. The first-order valence-electron chi connectivity index (χ1n) is 9.95. The highest BCUT2D eigenvalue weighted by Gasteiger charge is 2.29. The summed E-state index contributed by atoms with van der Waals surface area (Å²) in [6, 6.07) is 16.5. The largest absolute Gasteiger partial charge is 0.493 e. The Kier molecular flexibility index (Phi) is 5.52. The van der Waals surface area contributed by atoms with Crippen molar-refractivity contribution in [1.82, 2.24) is 14.7 Å². The molecule has 0 saturated carbocycles. The molecule has 0 fully saturated rings. The maximum absolute atomic E-state index is 10.9. The molecule has 2 aromatic carbocycles. The van der Waals surface area contributed by atoms with Gasteiger partial charge in [-0.3, -0.25) is 4.90 Å². The zero-order valence-corrected chi connectivity index (χ0v) is 17.9. The van der Waals surface area contributed by atoms with Crippen molar-refractivity contribution in [3.8, 4) is 11.6 Å². The molecule has 6 heteroatoms. The van der Waals surface area contributed by atoms with E-state index in [2.05, 4.69) is 60.3 Å². The van der Waals surface area contributed by atoms with Gasteiger partial charge < -0.3 is 10.0 Å². The molecule has 0 radical (unpaired) electrons. The molecule has 1 aliphatic carbocycles. The van der Waals surface area contributed by atoms with Crippen molar-refractivity contribution in [3.05, 3.63) is 70.4 Å². The van der Waals surface area contributed by atoms with Crippen molar-refractivity contribution in [2.24, 2.45) is 0 Å². The summed E-state index contributed by atoms with van der Waals surface area (Å²) >= 11 is 6.32. The lowest BCUT2D eigenvalue weighted by Gasteiger charge is -2.31. The Morgan fingerprint density at radius 3 is 2.69 bits per heavy atom. The zero-order valence-electron chi connectivity index (χ0n) is 17.1. The third-order valence-corrected chi connectivity index (χ3v) is 6.08. The first kappa shape index (κ1) is 19.8. The van der Waals surface area contributed by atoms with Crippen molar-refractivity contribution in [1.29, 1.82) is 0 Å². The Labute approximate surface area is 177 Å². The Bertz CT molecular complexity index is 1010. The van der Waals surface area contributed by atoms with E-state index < -0.39 is 0 Å². The summed E-state index contributed by atoms with van der Waals surface area (Å²) in [7, 11) is 6.28. The molecule has 1 unspecified atom stereocenters. The van der Waals surface area contributed by atoms with Gasteiger partial charge in [-0.05, 0) is 56.1 Å². The summed E-state index contributed by atoms with van der Waals surface area (Å²) in [6.45, 7) is 0.876. The van der Waals surface area contributed by atoms with Gasteiger partial charge in [0.15, 0.2) is 0 Å². The van der Waals surface area contributed by atoms with Crippen molar-refractivity contribution >= 4 is 17.3 Å². The Hall–Kier alpha value is -2.50. The molecule has 0 aliphatic heterocycles. The molecule has 3 aromatic rings. The fraction of sp³-hybridized carbons (Fsp3) is 0.348. The number of para-hydroxylation sites is 1. The molecule has 0 amide bonds. The minimum absolute atomic E-state index is 0.209. The highest BCUT2D eigenvalue weighted by Crippen LogP contribution is 2.34. The molecule has 1 aromatic heterocycles. The summed E-state index contributed by atoms with van der Waals surface area (Å²) in [4.78, 5) is 4.50. The number of hydrogen-bond acceptors (Lipinski definition) is 4. The third kappa shape index (κ3) is 3.98. The van der Waals surface area contributed by atoms with Crippen LogP contribution in [0.1, 0.15) is 23.2 Å². The molecule has 1 aliphatic rings. The second-order valence-corrected chi connectivity index (χ2v) is 8.40. The molecule has 5 nitrogen and oxygen atoms in total. The zero-order chi connectivity index (χ0) is 20.5. The van der Waals surface area contributed by atoms with Gasteiger partial charge in [-0.15, -0.1) is 0 Å². The smallest absolute Gasteiger partial charge is 0.217 e. The third-order valence-electron chi connectivity index (χ3n) is 5.76. The number of hydrogen-bond donors (Lipinski definition) is 1. The lowest BCUT2D eigenvalue weighted by Crippen LogP contribution is -2.35. The fourth-order valence-corrected chi connectivity index (χ4v) is 4.27. The SMILES string of the molecule is CN(C)c1cccc(CN(C)C2CCc3nn(-c4ccccc4Cl)c(O)c3C2)c1. The van der Waals surface area contributed by atoms with Gasteiger partial charge in [0.2, 0.25) is 5.88 Å². The van der Waals surface area contributed by atoms with E-state index in [4.69, 9.17) is 11.6 Å². The lowest BCUT2D eigenvalue weighted by molar-refractivity contribution is 0.212. The molecule has 29 heavy (non-hydrogen) atoms. The standard InChI is InChI=1S/C23H27ClN4O/c1-26(2)17-8-6-7-16(13-17)15-27(3)18-11-12-21-19(14-18)23(29)28(25-21)22-10-5-4-9-20(22)24/h4-10,13,18,29H,11-12,14-15H2,1-3H3. The minimum atomic E-state index is 0.209. The number of likely N-dealkylation sites (N-methyl/N-ethyl adjacent to an activating group) is 1. The Balaban J connectivity index is 1.53. The molecule has 0 spiro atoms. The second-order valence-electron chi connectivity index (χ2n) is 7.99. The molecule has 1 atom stereocenters. The molecule has 4 rings (SSSR count). The van der Waals surface area contributed by atoms with Gasteiger partial charge in [0.1, 0.15) is 0 Å². The highest BCUT2D eigenvalue weighted by atomic mass is 35.5. The number of benzene rings is 2. The number of halogens is 1. The molecule has 0 saturated heterocycles. The summed E-state index contributed by atoms with van der Waals surface area (Å²) in [5.41, 5.74) is 5.13. The van der Waals surface area contributed by atoms with Crippen LogP contribution in [0.4, 0.5) is 5.69 Å². The maximum Gasteiger partial charge on any atom is 0.217 e. The quantitative estimate of drug-likeness (QED) is 0.681. The van der Waals surface area contributed by atoms with E-state index in [1.165, 1.54) is 11.3 Å². The summed E-state index contributed by atoms with van der Waals surface area (Å²) < 4.78 is 1.58. The topological polar surface area (TPSA) is 44.5 Å². The molecule has 1 N–H and O–H groups in total. The van der Waals surface area contributed by atoms with Gasteiger partial charge >= 0.3 is 0 Å². The summed E-state index contributed by atoms with van der Waals surface area (Å²) in [5, 5.41) is 16.1. The van der Waals surface area contributed by atoms with E-state index in [1.54, 1.807) is 4.68 Å². The van der Waals surface area contributed by atoms with Gasteiger partial charge in [0.25, 0.3) is 0 Å². The molecule has 152 valence electrons. The van der Waals surface area contributed by atoms with Gasteiger partial charge in [-0.25, -0.2) is 0 Å². The highest BCUT2D eigenvalue weighted by molar-refractivity contribution is 6.32. The van der Waals surface area contributed by atoms with Crippen molar-refractivity contribution in [2.45, 2.75) is 31.8 Å². The molecular weight excluding hydrogens is 384 g/mol. The van der Waals surface area contributed by atoms with Crippen molar-refractivity contribution in [2.75, 3.05) is 26.0 Å².